The van der Waals surface area contributed by atoms with Crippen molar-refractivity contribution in [2.45, 2.75) is 142 Å². The van der Waals surface area contributed by atoms with Gasteiger partial charge in [-0.15, -0.1) is 19.3 Å². The lowest BCUT2D eigenvalue weighted by molar-refractivity contribution is -0.126. The first-order chi connectivity index (χ1) is 49.8. The van der Waals surface area contributed by atoms with E-state index in [1.807, 2.05) is 57.6 Å². The van der Waals surface area contributed by atoms with Gasteiger partial charge in [0.2, 0.25) is 0 Å². The second kappa shape index (κ2) is 29.2. The van der Waals surface area contributed by atoms with Gasteiger partial charge in [-0.25, -0.2) is 13.5 Å². The van der Waals surface area contributed by atoms with E-state index in [-0.39, 0.29) is 34.3 Å². The Hall–Kier alpha value is -11.5. The van der Waals surface area contributed by atoms with Crippen LogP contribution in [0.1, 0.15) is 140 Å². The zero-order valence-corrected chi connectivity index (χ0v) is 59.0. The molecule has 8 aliphatic carbocycles. The Morgan fingerprint density at radius 3 is 1.17 bits per heavy atom. The highest BCUT2D eigenvalue weighted by Crippen LogP contribution is 2.57. The summed E-state index contributed by atoms with van der Waals surface area (Å²) in [5.74, 6) is 12.6. The van der Waals surface area contributed by atoms with Crippen LogP contribution in [0.15, 0.2) is 110 Å². The number of terminal acetylenes is 3. The maximum absolute atomic E-state index is 11.8. The van der Waals surface area contributed by atoms with Gasteiger partial charge < -0.3 is 30.2 Å². The second-order valence-electron chi connectivity index (χ2n) is 29.3. The Labute approximate surface area is 600 Å². The molecule has 8 saturated carbocycles. The maximum Gasteiger partial charge on any atom is 0.296 e. The first-order valence-electron chi connectivity index (χ1n) is 35.7. The van der Waals surface area contributed by atoms with E-state index in [1.54, 1.807) is 50.7 Å². The Balaban J connectivity index is 0.000000138. The van der Waals surface area contributed by atoms with Crippen molar-refractivity contribution < 1.29 is 28.6 Å². The van der Waals surface area contributed by atoms with Gasteiger partial charge in [0.1, 0.15) is 35.5 Å². The van der Waals surface area contributed by atoms with Crippen LogP contribution in [0.2, 0.25) is 0 Å². The number of hydrogen-bond donors (Lipinski definition) is 3. The van der Waals surface area contributed by atoms with Crippen LogP contribution in [-0.4, -0.2) is 98.0 Å². The second-order valence-corrected chi connectivity index (χ2v) is 29.3. The topological polar surface area (TPSA) is 277 Å². The van der Waals surface area contributed by atoms with Crippen molar-refractivity contribution in [2.24, 2.45) is 53.3 Å². The molecule has 0 saturated heterocycles. The fraction of sp³-hybridized carbons (Fsp3) is 0.415. The van der Waals surface area contributed by atoms with E-state index >= 15 is 0 Å². The van der Waals surface area contributed by atoms with Crippen LogP contribution < -0.4 is 30.2 Å². The van der Waals surface area contributed by atoms with Crippen molar-refractivity contribution in [2.75, 3.05) is 19.8 Å². The predicted octanol–water partition coefficient (Wildman–Crippen LogP) is 11.7. The van der Waals surface area contributed by atoms with Gasteiger partial charge in [0.25, 0.3) is 17.7 Å². The third kappa shape index (κ3) is 14.3. The number of amides is 3. The van der Waals surface area contributed by atoms with Crippen LogP contribution in [-0.2, 0) is 33.6 Å². The lowest BCUT2D eigenvalue weighted by atomic mass is 9.50. The maximum atomic E-state index is 11.8. The Kier molecular flexibility index (Phi) is 19.8. The summed E-state index contributed by atoms with van der Waals surface area (Å²) in [5.41, 5.74) is 11.8. The van der Waals surface area contributed by atoms with Crippen molar-refractivity contribution in [1.29, 1.82) is 15.8 Å². The standard InChI is InChI=1S/C28H29N5O2.2C27H27N5O2/c1-4-26(34)32-28(3)12-18-6-7-19(13-28)24(18)10-22-9-8-20(15-30-22)25-11-23(35-5-2)17-33-27(25)21(14-29)16-31-33;1-4-25(33)31-27(3)20-8-17(9-21(27)11-20)10-22-7-6-18(14-29-22)24-12-23(34-5-2)16-32-26(24)19(13-28)15-30-32;1-4-25(33)31-27(3)11-18-8-19(12-27)23(18)9-21-7-6-17(14-29-21)24-10-22(34-5-2)16-32-26(24)20(13-28)15-30-32/h1,8-9,11,15-19,24H,5-7,10,12-13H2,2-3H3,(H,32,34);1,6-7,12,14-17,20-21H,5,8-11H2,2-3H3,(H,31,33);1,6-7,10,14-16,18-19,23H,5,8-9,11-12H2,2-3H3,(H,31,33). The average Bonchev–Trinajstić information content (AvgIpc) is 1.70. The molecule has 0 aliphatic heterocycles. The SMILES string of the molecule is C#CC(=O)NC1(C)C2CC(Cc3ccc(-c4cc(OCC)cn5ncc(C#N)c45)cn3)CC1C2.C#CC(=O)NC1(C)CC2CC(C1)C2Cc1ccc(-c2cc(OCC)cn3ncc(C#N)c23)cn1.C#CC(=O)NC1(C)CC2CCC(C1)C2Cc1ccc(-c2cc(OCC)cn3ncc(C#N)c23)cn1. The molecule has 9 aromatic heterocycles. The number of carbonyl (C=O) groups is 3. The molecule has 0 radical (unpaired) electrons. The summed E-state index contributed by atoms with van der Waals surface area (Å²) in [4.78, 5) is 49.6. The van der Waals surface area contributed by atoms with Gasteiger partial charge in [-0.3, -0.25) is 29.3 Å². The molecule has 6 atom stereocenters. The number of pyridine rings is 6. The van der Waals surface area contributed by atoms with Gasteiger partial charge in [0.05, 0.1) is 90.2 Å². The molecule has 17 rings (SSSR count). The van der Waals surface area contributed by atoms with E-state index in [9.17, 15) is 30.2 Å². The van der Waals surface area contributed by atoms with Crippen molar-refractivity contribution in [3.63, 3.8) is 0 Å². The van der Waals surface area contributed by atoms with Crippen LogP contribution in [0.5, 0.6) is 17.2 Å². The fourth-order valence-electron chi connectivity index (χ4n) is 18.2. The zero-order valence-electron chi connectivity index (χ0n) is 59.0. The van der Waals surface area contributed by atoms with Crippen molar-refractivity contribution in [1.82, 2.24) is 59.7 Å². The average molecular weight is 1370 g/mol. The number of nitriles is 3. The van der Waals surface area contributed by atoms with Gasteiger partial charge >= 0.3 is 0 Å². The lowest BCUT2D eigenvalue weighted by Crippen LogP contribution is -2.67. The van der Waals surface area contributed by atoms with E-state index in [4.69, 9.17) is 48.4 Å². The zero-order chi connectivity index (χ0) is 72.3. The minimum Gasteiger partial charge on any atom is -0.492 e. The first kappa shape index (κ1) is 69.9. The van der Waals surface area contributed by atoms with E-state index in [0.717, 1.165) is 131 Å². The minimum atomic E-state index is -0.321. The summed E-state index contributed by atoms with van der Waals surface area (Å²) in [5, 5.41) is 50.7. The molecular weight excluding hydrogens is 1290 g/mol. The molecule has 21 heteroatoms. The van der Waals surface area contributed by atoms with Crippen molar-refractivity contribution in [3.8, 4) is 106 Å². The summed E-state index contributed by atoms with van der Waals surface area (Å²) < 4.78 is 22.2. The summed E-state index contributed by atoms with van der Waals surface area (Å²) >= 11 is 0. The number of nitrogens with one attached hydrogen (secondary N) is 3. The van der Waals surface area contributed by atoms with Crippen LogP contribution in [0.3, 0.4) is 0 Å². The van der Waals surface area contributed by atoms with Crippen LogP contribution in [0.25, 0.3) is 49.9 Å². The lowest BCUT2D eigenvalue weighted by Gasteiger charge is -2.60. The molecule has 3 amide bonds. The molecular formula is C82H83N15O6. The summed E-state index contributed by atoms with van der Waals surface area (Å²) in [6.45, 7) is 13.8. The molecule has 21 nitrogen and oxygen atoms in total. The number of aromatic nitrogens is 9. The monoisotopic (exact) mass is 1370 g/mol. The van der Waals surface area contributed by atoms with E-state index in [0.29, 0.717) is 107 Å². The Morgan fingerprint density at radius 1 is 0.485 bits per heavy atom. The number of ether oxygens (including phenoxy) is 3. The highest BCUT2D eigenvalue weighted by Gasteiger charge is 2.57. The van der Waals surface area contributed by atoms with E-state index in [2.05, 4.69) is 124 Å². The van der Waals surface area contributed by atoms with E-state index < -0.39 is 0 Å². The van der Waals surface area contributed by atoms with Crippen LogP contribution in [0.4, 0.5) is 0 Å². The van der Waals surface area contributed by atoms with Gasteiger partial charge in [-0.2, -0.15) is 31.1 Å². The number of rotatable bonds is 18. The molecule has 9 heterocycles. The molecule has 3 N–H and O–H groups in total. The van der Waals surface area contributed by atoms with Crippen LogP contribution in [0, 0.1) is 124 Å². The molecule has 522 valence electrons. The summed E-state index contributed by atoms with van der Waals surface area (Å²) in [6, 6.07) is 25.0. The number of carbonyl (C=O) groups excluding carboxylic acids is 3. The van der Waals surface area contributed by atoms with Gasteiger partial charge in [-0.1, -0.05) is 18.2 Å². The third-order valence-corrected chi connectivity index (χ3v) is 22.7. The van der Waals surface area contributed by atoms with Gasteiger partial charge in [0, 0.05) is 85.7 Å². The molecule has 0 spiro atoms. The van der Waals surface area contributed by atoms with E-state index in [1.165, 1.54) is 19.3 Å². The third-order valence-electron chi connectivity index (χ3n) is 22.7. The molecule has 9 aromatic rings. The summed E-state index contributed by atoms with van der Waals surface area (Å²) in [7, 11) is 0. The first-order valence-corrected chi connectivity index (χ1v) is 35.7. The van der Waals surface area contributed by atoms with Crippen molar-refractivity contribution >= 4 is 34.3 Å². The number of nitrogens with zero attached hydrogens (tertiary/aromatic N) is 12. The molecule has 6 bridgehead atoms. The molecule has 6 unspecified atom stereocenters. The normalized spacial score (nSPS) is 25.1. The van der Waals surface area contributed by atoms with Gasteiger partial charge in [0.15, 0.2) is 0 Å². The van der Waals surface area contributed by atoms with Crippen LogP contribution >= 0.6 is 0 Å². The smallest absolute Gasteiger partial charge is 0.296 e. The number of fused-ring (bicyclic) bond motifs is 9. The predicted molar refractivity (Wildman–Crippen MR) is 388 cm³/mol. The molecule has 103 heavy (non-hydrogen) atoms. The number of hydrogen-bond acceptors (Lipinski definition) is 15. The molecule has 0 aromatic carbocycles. The Morgan fingerprint density at radius 2 is 0.835 bits per heavy atom. The summed E-state index contributed by atoms with van der Waals surface area (Å²) in [6.07, 6.45) is 45.0. The quantitative estimate of drug-likeness (QED) is 0.0674. The fourth-order valence-corrected chi connectivity index (χ4v) is 18.2. The molecule has 8 fully saturated rings. The highest BCUT2D eigenvalue weighted by molar-refractivity contribution is 5.94. The largest absolute Gasteiger partial charge is 0.492 e. The molecule has 8 aliphatic rings. The van der Waals surface area contributed by atoms with Crippen molar-refractivity contribution in [3.05, 3.63) is 144 Å². The minimum absolute atomic E-state index is 0.169. The van der Waals surface area contributed by atoms with Gasteiger partial charge in [-0.05, 0) is 232 Å². The highest BCUT2D eigenvalue weighted by atomic mass is 16.5. The Bertz CT molecular complexity index is 4950.